The summed E-state index contributed by atoms with van der Waals surface area (Å²) in [5, 5.41) is 4.28. The van der Waals surface area contributed by atoms with Crippen LogP contribution in [-0.4, -0.2) is 41.4 Å². The number of ether oxygens (including phenoxy) is 2. The van der Waals surface area contributed by atoms with Crippen LogP contribution in [0.25, 0.3) is 12.3 Å². The maximum Gasteiger partial charge on any atom is 0.276 e. The van der Waals surface area contributed by atoms with E-state index >= 15 is 0 Å². The SMILES string of the molecule is C=c1[nH]n(CCOC)c(=O)/c1=C(\c1ccc(Cl)cc1)N(Cc1cccc(OC)c1)C(C)=O. The number of hydrogen-bond acceptors (Lipinski definition) is 4. The standard InChI is InChI=1S/C24H26ClN3O4/c1-16-22(24(30)28(26-16)12-13-31-3)23(19-8-10-20(25)11-9-19)27(17(2)29)15-18-6-5-7-21(14-18)32-4/h5-11,14,26H,1,12-13,15H2,2-4H3/b23-22+. The lowest BCUT2D eigenvalue weighted by Crippen LogP contribution is -2.43. The molecule has 0 aliphatic rings. The molecule has 8 heteroatoms. The van der Waals surface area contributed by atoms with Crippen molar-refractivity contribution in [2.24, 2.45) is 0 Å². The normalized spacial score (nSPS) is 11.9. The molecule has 0 aliphatic heterocycles. The Bertz CT molecular complexity index is 1260. The fourth-order valence-corrected chi connectivity index (χ4v) is 3.59. The molecule has 0 unspecified atom stereocenters. The largest absolute Gasteiger partial charge is 0.497 e. The summed E-state index contributed by atoms with van der Waals surface area (Å²) >= 11 is 6.09. The maximum absolute atomic E-state index is 13.3. The molecule has 0 radical (unpaired) electrons. The molecule has 32 heavy (non-hydrogen) atoms. The highest BCUT2D eigenvalue weighted by Crippen LogP contribution is 2.22. The number of benzene rings is 2. The summed E-state index contributed by atoms with van der Waals surface area (Å²) in [6, 6.07) is 14.5. The van der Waals surface area contributed by atoms with Gasteiger partial charge in [0.1, 0.15) is 5.75 Å². The van der Waals surface area contributed by atoms with Crippen LogP contribution in [0.3, 0.4) is 0 Å². The molecule has 1 aromatic heterocycles. The second-order valence-corrected chi connectivity index (χ2v) is 7.66. The number of aromatic amines is 1. The zero-order valence-electron chi connectivity index (χ0n) is 18.4. The third-order valence-corrected chi connectivity index (χ3v) is 5.28. The van der Waals surface area contributed by atoms with Crippen molar-refractivity contribution in [2.75, 3.05) is 20.8 Å². The van der Waals surface area contributed by atoms with Crippen LogP contribution in [0, 0.1) is 0 Å². The van der Waals surface area contributed by atoms with Crippen molar-refractivity contribution in [3.63, 3.8) is 0 Å². The van der Waals surface area contributed by atoms with Gasteiger partial charge in [-0.25, -0.2) is 4.68 Å². The Morgan fingerprint density at radius 2 is 1.91 bits per heavy atom. The molecule has 0 aliphatic carbocycles. The lowest BCUT2D eigenvalue weighted by Gasteiger charge is -2.25. The van der Waals surface area contributed by atoms with Crippen LogP contribution < -0.4 is 20.9 Å². The van der Waals surface area contributed by atoms with Crippen LogP contribution in [0.15, 0.2) is 53.3 Å². The fraction of sp³-hybridized carbons (Fsp3) is 0.250. The third-order valence-electron chi connectivity index (χ3n) is 5.03. The summed E-state index contributed by atoms with van der Waals surface area (Å²) in [5.41, 5.74) is 1.70. The molecule has 3 rings (SSSR count). The Hall–Kier alpha value is -3.29. The highest BCUT2D eigenvalue weighted by atomic mass is 35.5. The van der Waals surface area contributed by atoms with Gasteiger partial charge >= 0.3 is 0 Å². The number of H-pyrrole nitrogens is 1. The number of carbonyl (C=O) groups is 1. The first-order valence-corrected chi connectivity index (χ1v) is 10.4. The van der Waals surface area contributed by atoms with Gasteiger partial charge in [-0.05, 0) is 35.4 Å². The first kappa shape index (κ1) is 23.4. The van der Waals surface area contributed by atoms with Gasteiger partial charge in [-0.15, -0.1) is 0 Å². The monoisotopic (exact) mass is 455 g/mol. The molecule has 0 fully saturated rings. The van der Waals surface area contributed by atoms with Gasteiger partial charge < -0.3 is 14.4 Å². The van der Waals surface area contributed by atoms with Gasteiger partial charge in [0.05, 0.1) is 43.1 Å². The van der Waals surface area contributed by atoms with Gasteiger partial charge in [-0.1, -0.05) is 42.4 Å². The van der Waals surface area contributed by atoms with E-state index < -0.39 is 0 Å². The fourth-order valence-electron chi connectivity index (χ4n) is 3.46. The van der Waals surface area contributed by atoms with Gasteiger partial charge in [0.25, 0.3) is 5.56 Å². The van der Waals surface area contributed by atoms with Crippen molar-refractivity contribution in [2.45, 2.75) is 20.0 Å². The number of methoxy groups -OCH3 is 2. The van der Waals surface area contributed by atoms with Crippen molar-refractivity contribution in [1.82, 2.24) is 14.7 Å². The highest BCUT2D eigenvalue weighted by Gasteiger charge is 2.21. The average molecular weight is 456 g/mol. The first-order chi connectivity index (χ1) is 15.3. The average Bonchev–Trinajstić information content (AvgIpc) is 3.06. The minimum Gasteiger partial charge on any atom is -0.497 e. The molecule has 2 aromatic carbocycles. The van der Waals surface area contributed by atoms with Gasteiger partial charge in [0, 0.05) is 19.1 Å². The Balaban J connectivity index is 2.27. The second kappa shape index (κ2) is 10.3. The van der Waals surface area contributed by atoms with E-state index in [4.69, 9.17) is 21.1 Å². The van der Waals surface area contributed by atoms with E-state index in [-0.39, 0.29) is 18.0 Å². The molecule has 1 amide bonds. The van der Waals surface area contributed by atoms with Crippen molar-refractivity contribution in [3.8, 4) is 5.75 Å². The van der Waals surface area contributed by atoms with Crippen LogP contribution in [0.1, 0.15) is 18.1 Å². The zero-order chi connectivity index (χ0) is 23.3. The number of halogens is 1. The summed E-state index contributed by atoms with van der Waals surface area (Å²) < 4.78 is 11.8. The van der Waals surface area contributed by atoms with Crippen molar-refractivity contribution in [3.05, 3.63) is 85.6 Å². The highest BCUT2D eigenvalue weighted by molar-refractivity contribution is 6.30. The molecule has 0 spiro atoms. The molecular formula is C24H26ClN3O4. The van der Waals surface area contributed by atoms with E-state index in [9.17, 15) is 9.59 Å². The van der Waals surface area contributed by atoms with E-state index in [2.05, 4.69) is 11.7 Å². The third kappa shape index (κ3) is 5.12. The molecule has 0 saturated heterocycles. The van der Waals surface area contributed by atoms with Crippen LogP contribution in [0.4, 0.5) is 0 Å². The Labute approximate surface area is 191 Å². The Kier molecular flexibility index (Phi) is 7.56. The Morgan fingerprint density at radius 1 is 1.19 bits per heavy atom. The molecule has 3 aromatic rings. The van der Waals surface area contributed by atoms with Gasteiger partial charge in [-0.3, -0.25) is 14.7 Å². The molecule has 7 nitrogen and oxygen atoms in total. The molecular weight excluding hydrogens is 430 g/mol. The molecule has 0 atom stereocenters. The van der Waals surface area contributed by atoms with Crippen LogP contribution >= 0.6 is 11.6 Å². The lowest BCUT2D eigenvalue weighted by atomic mass is 10.1. The maximum atomic E-state index is 13.3. The first-order valence-electron chi connectivity index (χ1n) is 10.0. The number of hydrogen-bond donors (Lipinski definition) is 1. The minimum absolute atomic E-state index is 0.221. The predicted octanol–water partition coefficient (Wildman–Crippen LogP) is 2.10. The molecule has 0 bridgehead atoms. The van der Waals surface area contributed by atoms with E-state index in [1.165, 1.54) is 11.6 Å². The number of nitrogens with zero attached hydrogens (tertiary/aromatic N) is 2. The molecule has 1 heterocycles. The van der Waals surface area contributed by atoms with Crippen LogP contribution in [0.5, 0.6) is 5.75 Å². The summed E-state index contributed by atoms with van der Waals surface area (Å²) in [6.45, 7) is 6.43. The Morgan fingerprint density at radius 3 is 2.53 bits per heavy atom. The van der Waals surface area contributed by atoms with Gasteiger partial charge in [-0.2, -0.15) is 0 Å². The number of nitrogens with one attached hydrogen (secondary N) is 1. The van der Waals surface area contributed by atoms with E-state index in [0.717, 1.165) is 5.56 Å². The number of rotatable bonds is 8. The number of carbonyl (C=O) groups excluding carboxylic acids is 1. The summed E-state index contributed by atoms with van der Waals surface area (Å²) in [4.78, 5) is 27.7. The van der Waals surface area contributed by atoms with Crippen molar-refractivity contribution >= 4 is 29.8 Å². The zero-order valence-corrected chi connectivity index (χ0v) is 19.1. The van der Waals surface area contributed by atoms with Crippen LogP contribution in [0.2, 0.25) is 5.02 Å². The topological polar surface area (TPSA) is 76.6 Å². The second-order valence-electron chi connectivity index (χ2n) is 7.23. The molecule has 1 N–H and O–H groups in total. The van der Waals surface area contributed by atoms with Crippen molar-refractivity contribution in [1.29, 1.82) is 0 Å². The predicted molar refractivity (Wildman–Crippen MR) is 125 cm³/mol. The smallest absolute Gasteiger partial charge is 0.276 e. The van der Waals surface area contributed by atoms with Crippen LogP contribution in [-0.2, 0) is 22.6 Å². The molecule has 0 saturated carbocycles. The quantitative estimate of drug-likeness (QED) is 0.564. The van der Waals surface area contributed by atoms with Crippen molar-refractivity contribution < 1.29 is 14.3 Å². The van der Waals surface area contributed by atoms with E-state index in [1.54, 1.807) is 43.4 Å². The van der Waals surface area contributed by atoms with E-state index in [1.807, 2.05) is 24.3 Å². The summed E-state index contributed by atoms with van der Waals surface area (Å²) in [5.74, 6) is 0.460. The lowest BCUT2D eigenvalue weighted by molar-refractivity contribution is -0.126. The summed E-state index contributed by atoms with van der Waals surface area (Å²) in [6.07, 6.45) is 0. The van der Waals surface area contributed by atoms with Gasteiger partial charge in [0.2, 0.25) is 5.91 Å². The van der Waals surface area contributed by atoms with Gasteiger partial charge in [0.15, 0.2) is 0 Å². The number of aromatic nitrogens is 2. The summed E-state index contributed by atoms with van der Waals surface area (Å²) in [7, 11) is 3.15. The number of amides is 1. The minimum atomic E-state index is -0.283. The molecule has 168 valence electrons. The van der Waals surface area contributed by atoms with E-state index in [0.29, 0.717) is 45.8 Å².